The number of aromatic amines is 1. The Morgan fingerprint density at radius 1 is 1.25 bits per heavy atom. The zero-order chi connectivity index (χ0) is 14.9. The van der Waals surface area contributed by atoms with Crippen LogP contribution in [-0.2, 0) is 5.41 Å². The van der Waals surface area contributed by atoms with Crippen LogP contribution in [0.15, 0.2) is 27.1 Å². The molecule has 0 saturated heterocycles. The summed E-state index contributed by atoms with van der Waals surface area (Å²) in [6, 6.07) is 5.56. The molecule has 5 nitrogen and oxygen atoms in total. The number of benzene rings is 1. The van der Waals surface area contributed by atoms with E-state index in [1.165, 1.54) is 0 Å². The minimum atomic E-state index is -0.357. The number of H-pyrrole nitrogens is 1. The van der Waals surface area contributed by atoms with E-state index < -0.39 is 0 Å². The molecular weight excluding hydrogens is 388 g/mol. The van der Waals surface area contributed by atoms with Crippen molar-refractivity contribution in [2.24, 2.45) is 0 Å². The van der Waals surface area contributed by atoms with Gasteiger partial charge in [-0.15, -0.1) is 5.10 Å². The average Bonchev–Trinajstić information content (AvgIpc) is 2.83. The van der Waals surface area contributed by atoms with Crippen molar-refractivity contribution in [1.29, 1.82) is 0 Å². The molecule has 2 rings (SSSR count). The molecule has 0 radical (unpaired) electrons. The van der Waals surface area contributed by atoms with Crippen LogP contribution in [0.25, 0.3) is 0 Å². The predicted octanol–water partition coefficient (Wildman–Crippen LogP) is 3.88. The van der Waals surface area contributed by atoms with Crippen molar-refractivity contribution in [2.45, 2.75) is 26.2 Å². The first-order valence-electron chi connectivity index (χ1n) is 5.97. The number of amides is 1. The lowest BCUT2D eigenvalue weighted by molar-refractivity contribution is 0.101. The van der Waals surface area contributed by atoms with Gasteiger partial charge in [0.15, 0.2) is 0 Å². The third-order valence-corrected chi connectivity index (χ3v) is 3.92. The van der Waals surface area contributed by atoms with Crippen LogP contribution in [0.3, 0.4) is 0 Å². The molecule has 0 unspecified atom stereocenters. The van der Waals surface area contributed by atoms with Crippen molar-refractivity contribution in [2.75, 3.05) is 5.32 Å². The highest BCUT2D eigenvalue weighted by Crippen LogP contribution is 2.30. The molecule has 2 N–H and O–H groups in total. The van der Waals surface area contributed by atoms with Crippen LogP contribution in [-0.4, -0.2) is 21.1 Å². The van der Waals surface area contributed by atoms with Gasteiger partial charge in [-0.1, -0.05) is 26.8 Å². The highest BCUT2D eigenvalue weighted by Gasteiger charge is 2.22. The number of hydrogen-bond donors (Lipinski definition) is 2. The summed E-state index contributed by atoms with van der Waals surface area (Å²) in [5, 5.41) is 9.54. The highest BCUT2D eigenvalue weighted by atomic mass is 79.9. The van der Waals surface area contributed by atoms with Gasteiger partial charge in [0.05, 0.1) is 5.69 Å². The van der Waals surface area contributed by atoms with Gasteiger partial charge in [-0.25, -0.2) is 4.98 Å². The Labute approximate surface area is 133 Å². The molecular formula is C13H14Br2N4O. The molecule has 1 aromatic heterocycles. The molecule has 0 bridgehead atoms. The zero-order valence-electron chi connectivity index (χ0n) is 11.3. The van der Waals surface area contributed by atoms with E-state index in [2.05, 4.69) is 52.4 Å². The van der Waals surface area contributed by atoms with E-state index >= 15 is 0 Å². The van der Waals surface area contributed by atoms with E-state index in [1.54, 1.807) is 0 Å². The van der Waals surface area contributed by atoms with E-state index in [1.807, 2.05) is 39.0 Å². The first-order chi connectivity index (χ1) is 9.29. The van der Waals surface area contributed by atoms with Gasteiger partial charge in [-0.2, -0.15) is 0 Å². The second-order valence-corrected chi connectivity index (χ2v) is 7.02. The quantitative estimate of drug-likeness (QED) is 0.801. The van der Waals surface area contributed by atoms with E-state index in [0.717, 1.165) is 8.95 Å². The number of aromatic nitrogens is 3. The van der Waals surface area contributed by atoms with Gasteiger partial charge in [-0.05, 0) is 44.0 Å². The zero-order valence-corrected chi connectivity index (χ0v) is 14.5. The molecule has 0 fully saturated rings. The normalized spacial score (nSPS) is 11.4. The second kappa shape index (κ2) is 5.65. The molecule has 0 aliphatic heterocycles. The Morgan fingerprint density at radius 3 is 2.35 bits per heavy atom. The topological polar surface area (TPSA) is 70.7 Å². The number of nitrogens with one attached hydrogen (secondary N) is 2. The molecule has 0 spiro atoms. The largest absolute Gasteiger partial charge is 0.317 e. The monoisotopic (exact) mass is 400 g/mol. The molecule has 1 amide bonds. The number of rotatable bonds is 2. The van der Waals surface area contributed by atoms with Crippen molar-refractivity contribution >= 4 is 43.5 Å². The van der Waals surface area contributed by atoms with Crippen molar-refractivity contribution < 1.29 is 4.79 Å². The minimum absolute atomic E-state index is 0.123. The molecule has 0 aliphatic rings. The number of halogens is 2. The van der Waals surface area contributed by atoms with Crippen molar-refractivity contribution in [3.63, 3.8) is 0 Å². The molecule has 1 aromatic carbocycles. The van der Waals surface area contributed by atoms with Crippen LogP contribution >= 0.6 is 31.9 Å². The molecule has 106 valence electrons. The molecule has 20 heavy (non-hydrogen) atoms. The number of nitrogens with zero attached hydrogens (tertiary/aromatic N) is 2. The second-order valence-electron chi connectivity index (χ2n) is 5.31. The van der Waals surface area contributed by atoms with E-state index in [-0.39, 0.29) is 17.1 Å². The number of anilines is 1. The van der Waals surface area contributed by atoms with Gasteiger partial charge in [0.2, 0.25) is 5.82 Å². The SMILES string of the molecule is CC(C)(C)c1nc(C(=O)Nc2c(Br)cccc2Br)n[nH]1. The van der Waals surface area contributed by atoms with E-state index in [9.17, 15) is 4.79 Å². The van der Waals surface area contributed by atoms with Crippen LogP contribution in [0, 0.1) is 0 Å². The molecule has 0 saturated carbocycles. The van der Waals surface area contributed by atoms with Crippen LogP contribution < -0.4 is 5.32 Å². The summed E-state index contributed by atoms with van der Waals surface area (Å²) in [7, 11) is 0. The van der Waals surface area contributed by atoms with Crippen molar-refractivity contribution in [3.8, 4) is 0 Å². The van der Waals surface area contributed by atoms with Crippen molar-refractivity contribution in [1.82, 2.24) is 15.2 Å². The Hall–Kier alpha value is -1.21. The van der Waals surface area contributed by atoms with Gasteiger partial charge in [0, 0.05) is 14.4 Å². The third-order valence-electron chi connectivity index (χ3n) is 2.60. The Bertz CT molecular complexity index is 626. The average molecular weight is 402 g/mol. The first kappa shape index (κ1) is 15.2. The summed E-state index contributed by atoms with van der Waals surface area (Å²) in [6.45, 7) is 6.00. The summed E-state index contributed by atoms with van der Waals surface area (Å²) in [4.78, 5) is 16.4. The van der Waals surface area contributed by atoms with Crippen LogP contribution in [0.1, 0.15) is 37.2 Å². The fourth-order valence-electron chi connectivity index (χ4n) is 1.49. The van der Waals surface area contributed by atoms with Gasteiger partial charge >= 0.3 is 0 Å². The summed E-state index contributed by atoms with van der Waals surface area (Å²) in [5.41, 5.74) is 0.471. The molecule has 1 heterocycles. The standard InChI is InChI=1S/C13H14Br2N4O/c1-13(2,3)12-17-10(18-19-12)11(20)16-9-7(14)5-4-6-8(9)15/h4-6H,1-3H3,(H,16,20)(H,17,18,19). The van der Waals surface area contributed by atoms with E-state index in [4.69, 9.17) is 0 Å². The summed E-state index contributed by atoms with van der Waals surface area (Å²) in [6.07, 6.45) is 0. The fourth-order valence-corrected chi connectivity index (χ4v) is 2.68. The van der Waals surface area contributed by atoms with Gasteiger partial charge in [0.1, 0.15) is 5.82 Å². The highest BCUT2D eigenvalue weighted by molar-refractivity contribution is 9.11. The number of carbonyl (C=O) groups is 1. The molecule has 7 heteroatoms. The van der Waals surface area contributed by atoms with Gasteiger partial charge < -0.3 is 5.32 Å². The lowest BCUT2D eigenvalue weighted by atomic mass is 9.96. The summed E-state index contributed by atoms with van der Waals surface area (Å²) in [5.74, 6) is 0.441. The maximum Gasteiger partial charge on any atom is 0.295 e. The fraction of sp³-hybridized carbons (Fsp3) is 0.308. The minimum Gasteiger partial charge on any atom is -0.317 e. The maximum absolute atomic E-state index is 12.2. The van der Waals surface area contributed by atoms with E-state index in [0.29, 0.717) is 11.5 Å². The maximum atomic E-state index is 12.2. The van der Waals surface area contributed by atoms with Crippen molar-refractivity contribution in [3.05, 3.63) is 38.8 Å². The number of carbonyl (C=O) groups excluding carboxylic acids is 1. The summed E-state index contributed by atoms with van der Waals surface area (Å²) < 4.78 is 1.57. The summed E-state index contributed by atoms with van der Waals surface area (Å²) >= 11 is 6.78. The van der Waals surface area contributed by atoms with Gasteiger partial charge in [0.25, 0.3) is 5.91 Å². The van der Waals surface area contributed by atoms with Gasteiger partial charge in [-0.3, -0.25) is 9.89 Å². The van der Waals surface area contributed by atoms with Crippen LogP contribution in [0.5, 0.6) is 0 Å². The first-order valence-corrected chi connectivity index (χ1v) is 7.56. The smallest absolute Gasteiger partial charge is 0.295 e. The number of para-hydroxylation sites is 1. The Kier molecular flexibility index (Phi) is 4.29. The molecule has 0 aliphatic carbocycles. The lowest BCUT2D eigenvalue weighted by Gasteiger charge is -2.12. The Balaban J connectivity index is 2.23. The Morgan fingerprint density at radius 2 is 1.85 bits per heavy atom. The van der Waals surface area contributed by atoms with Crippen LogP contribution in [0.4, 0.5) is 5.69 Å². The lowest BCUT2D eigenvalue weighted by Crippen LogP contribution is -2.16. The molecule has 0 atom stereocenters. The number of hydrogen-bond acceptors (Lipinski definition) is 3. The predicted molar refractivity (Wildman–Crippen MR) is 84.9 cm³/mol. The molecule has 2 aromatic rings. The van der Waals surface area contributed by atoms with Crippen LogP contribution in [0.2, 0.25) is 0 Å². The third kappa shape index (κ3) is 3.27.